The number of aliphatic hydroxyl groups is 1. The van der Waals surface area contributed by atoms with E-state index in [0.29, 0.717) is 5.56 Å². The number of halogens is 3. The molecule has 0 saturated heterocycles. The fourth-order valence-electron chi connectivity index (χ4n) is 3.61. The molecule has 0 aliphatic heterocycles. The predicted molar refractivity (Wildman–Crippen MR) is 122 cm³/mol. The Hall–Kier alpha value is -3.85. The van der Waals surface area contributed by atoms with Crippen molar-refractivity contribution in [3.05, 3.63) is 94.5 Å². The van der Waals surface area contributed by atoms with E-state index >= 15 is 0 Å². The maximum Gasteiger partial charge on any atom is 0.423 e. The Kier molecular flexibility index (Phi) is 7.21. The molecule has 0 saturated carbocycles. The highest BCUT2D eigenvalue weighted by atomic mass is 19.4. The second kappa shape index (κ2) is 9.79. The molecule has 1 amide bonds. The van der Waals surface area contributed by atoms with Crippen LogP contribution in [0.2, 0.25) is 0 Å². The van der Waals surface area contributed by atoms with E-state index in [0.717, 1.165) is 12.1 Å². The van der Waals surface area contributed by atoms with E-state index in [1.165, 1.54) is 38.1 Å². The highest BCUT2D eigenvalue weighted by Gasteiger charge is 2.40. The molecule has 3 aromatic rings. The molecule has 3 rings (SSSR count). The standard InChI is InChI=1S/C26H24F3NO5/c1-15(2)22(31)19-12-13-20(21(23(19)32)26(27,28)29)35-14-16-8-10-18(11-9-16)25(34,24(30)33)17-6-4-3-5-7-17/h3-13,15,32,34H,14H2,1-2H3,(H2,30,33). The number of phenolic OH excluding ortho intramolecular Hbond substituents is 1. The first-order chi connectivity index (χ1) is 16.4. The van der Waals surface area contributed by atoms with Crippen molar-refractivity contribution < 1.29 is 37.7 Å². The molecule has 0 aliphatic rings. The molecule has 4 N–H and O–H groups in total. The van der Waals surface area contributed by atoms with Crippen LogP contribution >= 0.6 is 0 Å². The van der Waals surface area contributed by atoms with Crippen molar-refractivity contribution in [1.29, 1.82) is 0 Å². The zero-order valence-corrected chi connectivity index (χ0v) is 19.0. The van der Waals surface area contributed by atoms with Crippen LogP contribution in [0.15, 0.2) is 66.7 Å². The number of carbonyl (C=O) groups is 2. The molecule has 1 unspecified atom stereocenters. The molecule has 3 aromatic carbocycles. The summed E-state index contributed by atoms with van der Waals surface area (Å²) < 4.78 is 46.4. The van der Waals surface area contributed by atoms with Gasteiger partial charge in [0, 0.05) is 5.92 Å². The Morgan fingerprint density at radius 3 is 2.03 bits per heavy atom. The first-order valence-electron chi connectivity index (χ1n) is 10.6. The van der Waals surface area contributed by atoms with Gasteiger partial charge in [-0.05, 0) is 28.8 Å². The summed E-state index contributed by atoms with van der Waals surface area (Å²) in [6.45, 7) is 2.71. The number of hydrogen-bond donors (Lipinski definition) is 3. The Morgan fingerprint density at radius 2 is 1.51 bits per heavy atom. The van der Waals surface area contributed by atoms with E-state index < -0.39 is 52.0 Å². The first kappa shape index (κ1) is 25.8. The number of Topliss-reactive ketones (excluding diaryl/α,β-unsaturated/α-hetero) is 1. The average molecular weight is 487 g/mol. The third-order valence-electron chi connectivity index (χ3n) is 5.53. The van der Waals surface area contributed by atoms with Crippen molar-refractivity contribution in [3.8, 4) is 11.5 Å². The van der Waals surface area contributed by atoms with Crippen LogP contribution in [0, 0.1) is 5.92 Å². The van der Waals surface area contributed by atoms with Crippen molar-refractivity contribution >= 4 is 11.7 Å². The zero-order valence-electron chi connectivity index (χ0n) is 19.0. The third-order valence-corrected chi connectivity index (χ3v) is 5.53. The number of nitrogens with two attached hydrogens (primary N) is 1. The molecule has 0 radical (unpaired) electrons. The zero-order chi connectivity index (χ0) is 26.0. The number of phenols is 1. The Labute approximate surface area is 199 Å². The van der Waals surface area contributed by atoms with E-state index in [4.69, 9.17) is 10.5 Å². The maximum absolute atomic E-state index is 13.7. The van der Waals surface area contributed by atoms with Gasteiger partial charge in [0.1, 0.15) is 23.7 Å². The molecular weight excluding hydrogens is 463 g/mol. The van der Waals surface area contributed by atoms with Crippen molar-refractivity contribution in [2.75, 3.05) is 0 Å². The van der Waals surface area contributed by atoms with E-state index in [1.54, 1.807) is 30.3 Å². The monoisotopic (exact) mass is 487 g/mol. The average Bonchev–Trinajstić information content (AvgIpc) is 2.81. The number of rotatable bonds is 8. The van der Waals surface area contributed by atoms with Crippen LogP contribution in [-0.4, -0.2) is 21.9 Å². The molecule has 0 bridgehead atoms. The highest BCUT2D eigenvalue weighted by Crippen LogP contribution is 2.44. The number of hydrogen-bond acceptors (Lipinski definition) is 5. The van der Waals surface area contributed by atoms with Gasteiger partial charge in [-0.1, -0.05) is 68.4 Å². The largest absolute Gasteiger partial charge is 0.506 e. The summed E-state index contributed by atoms with van der Waals surface area (Å²) in [7, 11) is 0. The molecule has 9 heteroatoms. The minimum absolute atomic E-state index is 0.171. The molecule has 6 nitrogen and oxygen atoms in total. The van der Waals surface area contributed by atoms with Crippen LogP contribution in [0.4, 0.5) is 13.2 Å². The number of benzene rings is 3. The summed E-state index contributed by atoms with van der Waals surface area (Å²) in [6, 6.07) is 15.9. The molecule has 0 heterocycles. The summed E-state index contributed by atoms with van der Waals surface area (Å²) in [5.41, 5.74) is 2.34. The van der Waals surface area contributed by atoms with E-state index in [9.17, 15) is 33.0 Å². The Morgan fingerprint density at radius 1 is 0.943 bits per heavy atom. The Balaban J connectivity index is 1.89. The van der Waals surface area contributed by atoms with Gasteiger partial charge in [-0.25, -0.2) is 0 Å². The number of ether oxygens (including phenoxy) is 1. The minimum atomic E-state index is -4.97. The lowest BCUT2D eigenvalue weighted by molar-refractivity contribution is -0.140. The molecular formula is C26H24F3NO5. The summed E-state index contributed by atoms with van der Waals surface area (Å²) in [6.07, 6.45) is -4.97. The third kappa shape index (κ3) is 5.14. The summed E-state index contributed by atoms with van der Waals surface area (Å²) in [5, 5.41) is 21.2. The quantitative estimate of drug-likeness (QED) is 0.404. The van der Waals surface area contributed by atoms with Gasteiger partial charge in [0.05, 0.1) is 5.56 Å². The number of amides is 1. The minimum Gasteiger partial charge on any atom is -0.506 e. The fraction of sp³-hybridized carbons (Fsp3) is 0.231. The highest BCUT2D eigenvalue weighted by molar-refractivity contribution is 6.00. The molecule has 0 fully saturated rings. The van der Waals surface area contributed by atoms with Crippen LogP contribution in [0.25, 0.3) is 0 Å². The van der Waals surface area contributed by atoms with Crippen LogP contribution in [-0.2, 0) is 23.2 Å². The van der Waals surface area contributed by atoms with Crippen molar-refractivity contribution in [3.63, 3.8) is 0 Å². The van der Waals surface area contributed by atoms with E-state index in [2.05, 4.69) is 0 Å². The fourth-order valence-corrected chi connectivity index (χ4v) is 3.61. The predicted octanol–water partition coefficient (Wildman–Crippen LogP) is 4.55. The lowest BCUT2D eigenvalue weighted by Crippen LogP contribution is -2.42. The number of primary amides is 1. The van der Waals surface area contributed by atoms with E-state index in [1.807, 2.05) is 0 Å². The van der Waals surface area contributed by atoms with Gasteiger partial charge in [-0.2, -0.15) is 13.2 Å². The number of carbonyl (C=O) groups excluding carboxylic acids is 2. The number of alkyl halides is 3. The van der Waals surface area contributed by atoms with Crippen molar-refractivity contribution in [2.24, 2.45) is 11.7 Å². The maximum atomic E-state index is 13.7. The van der Waals surface area contributed by atoms with Crippen molar-refractivity contribution in [2.45, 2.75) is 32.2 Å². The van der Waals surface area contributed by atoms with Gasteiger partial charge >= 0.3 is 6.18 Å². The number of ketones is 1. The van der Waals surface area contributed by atoms with Crippen LogP contribution in [0.1, 0.15) is 46.5 Å². The molecule has 0 aromatic heterocycles. The van der Waals surface area contributed by atoms with Gasteiger partial charge in [-0.15, -0.1) is 0 Å². The Bertz CT molecular complexity index is 1220. The van der Waals surface area contributed by atoms with Crippen LogP contribution in [0.5, 0.6) is 11.5 Å². The molecule has 35 heavy (non-hydrogen) atoms. The van der Waals surface area contributed by atoms with Crippen LogP contribution < -0.4 is 10.5 Å². The second-order valence-electron chi connectivity index (χ2n) is 8.28. The molecule has 184 valence electrons. The van der Waals surface area contributed by atoms with Gasteiger partial charge in [0.15, 0.2) is 11.4 Å². The molecule has 0 spiro atoms. The lowest BCUT2D eigenvalue weighted by atomic mass is 9.85. The molecule has 1 atom stereocenters. The second-order valence-corrected chi connectivity index (χ2v) is 8.28. The topological polar surface area (TPSA) is 110 Å². The smallest absolute Gasteiger partial charge is 0.423 e. The van der Waals surface area contributed by atoms with E-state index in [-0.39, 0.29) is 17.7 Å². The van der Waals surface area contributed by atoms with Crippen molar-refractivity contribution in [1.82, 2.24) is 0 Å². The normalized spacial score (nSPS) is 13.3. The molecule has 0 aliphatic carbocycles. The lowest BCUT2D eigenvalue weighted by Gasteiger charge is -2.26. The van der Waals surface area contributed by atoms with Gasteiger partial charge in [-0.3, -0.25) is 9.59 Å². The first-order valence-corrected chi connectivity index (χ1v) is 10.6. The van der Waals surface area contributed by atoms with Gasteiger partial charge < -0.3 is 20.7 Å². The summed E-state index contributed by atoms with van der Waals surface area (Å²) in [5.74, 6) is -4.05. The van der Waals surface area contributed by atoms with Crippen LogP contribution in [0.3, 0.4) is 0 Å². The van der Waals surface area contributed by atoms with Gasteiger partial charge in [0.25, 0.3) is 5.91 Å². The SMILES string of the molecule is CC(C)C(=O)c1ccc(OCc2ccc(C(O)(C(N)=O)c3ccccc3)cc2)c(C(F)(F)F)c1O. The summed E-state index contributed by atoms with van der Waals surface area (Å²) >= 11 is 0. The van der Waals surface area contributed by atoms with Gasteiger partial charge in [0.2, 0.25) is 0 Å². The summed E-state index contributed by atoms with van der Waals surface area (Å²) in [4.78, 5) is 24.3. The number of aromatic hydroxyl groups is 1.